The highest BCUT2D eigenvalue weighted by molar-refractivity contribution is 5.85. The molecule has 1 atom stereocenters. The van der Waals surface area contributed by atoms with Gasteiger partial charge in [0.25, 0.3) is 0 Å². The summed E-state index contributed by atoms with van der Waals surface area (Å²) in [5, 5.41) is 9.00. The summed E-state index contributed by atoms with van der Waals surface area (Å²) in [5.41, 5.74) is 5.55. The zero-order chi connectivity index (χ0) is 8.10. The van der Waals surface area contributed by atoms with E-state index in [1.807, 2.05) is 0 Å². The van der Waals surface area contributed by atoms with Crippen LogP contribution >= 0.6 is 12.4 Å². The first-order valence-electron chi connectivity index (χ1n) is 4.69. The molecule has 1 aliphatic rings. The normalized spacial score (nSPS) is 21.5. The van der Waals surface area contributed by atoms with Gasteiger partial charge in [0.2, 0.25) is 0 Å². The summed E-state index contributed by atoms with van der Waals surface area (Å²) >= 11 is 0. The monoisotopic (exact) mass is 193 g/mol. The zero-order valence-corrected chi connectivity index (χ0v) is 8.35. The molecule has 0 aromatic carbocycles. The first-order valence-corrected chi connectivity index (χ1v) is 4.69. The van der Waals surface area contributed by atoms with Crippen LogP contribution in [-0.4, -0.2) is 18.3 Å². The van der Waals surface area contributed by atoms with E-state index in [0.29, 0.717) is 18.4 Å². The summed E-state index contributed by atoms with van der Waals surface area (Å²) in [7, 11) is 0. The third-order valence-electron chi connectivity index (χ3n) is 2.85. The third kappa shape index (κ3) is 3.30. The first-order chi connectivity index (χ1) is 5.38. The Morgan fingerprint density at radius 3 is 2.25 bits per heavy atom. The van der Waals surface area contributed by atoms with Crippen molar-refractivity contribution in [1.82, 2.24) is 0 Å². The van der Waals surface area contributed by atoms with Crippen molar-refractivity contribution in [2.24, 2.45) is 17.6 Å². The molecule has 0 saturated heterocycles. The molecule has 0 amide bonds. The van der Waals surface area contributed by atoms with Gasteiger partial charge in [-0.1, -0.05) is 32.1 Å². The molecule has 74 valence electrons. The van der Waals surface area contributed by atoms with E-state index < -0.39 is 0 Å². The lowest BCUT2D eigenvalue weighted by atomic mass is 9.80. The molecule has 0 aromatic rings. The molecule has 1 rings (SSSR count). The summed E-state index contributed by atoms with van der Waals surface area (Å²) in [6.45, 7) is 0.933. The lowest BCUT2D eigenvalue weighted by Gasteiger charge is -2.27. The molecular formula is C9H20ClNO. The van der Waals surface area contributed by atoms with Crippen LogP contribution in [0.15, 0.2) is 0 Å². The van der Waals surface area contributed by atoms with Crippen LogP contribution in [0.25, 0.3) is 0 Å². The highest BCUT2D eigenvalue weighted by Gasteiger charge is 2.21. The van der Waals surface area contributed by atoms with Crippen LogP contribution in [-0.2, 0) is 0 Å². The Morgan fingerprint density at radius 1 is 1.25 bits per heavy atom. The molecule has 12 heavy (non-hydrogen) atoms. The van der Waals surface area contributed by atoms with Crippen molar-refractivity contribution >= 4 is 12.4 Å². The van der Waals surface area contributed by atoms with Crippen molar-refractivity contribution in [3.8, 4) is 0 Å². The first kappa shape index (κ1) is 12.2. The molecule has 0 aromatic heterocycles. The minimum Gasteiger partial charge on any atom is -0.396 e. The summed E-state index contributed by atoms with van der Waals surface area (Å²) < 4.78 is 0. The van der Waals surface area contributed by atoms with E-state index in [4.69, 9.17) is 10.8 Å². The highest BCUT2D eigenvalue weighted by Crippen LogP contribution is 2.29. The fourth-order valence-electron chi connectivity index (χ4n) is 2.02. The number of aliphatic hydroxyl groups is 1. The Bertz CT molecular complexity index is 101. The van der Waals surface area contributed by atoms with Gasteiger partial charge in [0, 0.05) is 6.61 Å². The van der Waals surface area contributed by atoms with E-state index in [1.54, 1.807) is 0 Å². The quantitative estimate of drug-likeness (QED) is 0.715. The standard InChI is InChI=1S/C9H19NO.ClH/c10-6-9(7-11)8-4-2-1-3-5-8;/h8-9,11H,1-7,10H2;1H. The molecule has 0 spiro atoms. The van der Waals surface area contributed by atoms with E-state index in [1.165, 1.54) is 32.1 Å². The average Bonchev–Trinajstić information content (AvgIpc) is 2.09. The number of nitrogens with two attached hydrogens (primary N) is 1. The van der Waals surface area contributed by atoms with Gasteiger partial charge in [-0.15, -0.1) is 12.4 Å². The van der Waals surface area contributed by atoms with Crippen LogP contribution in [0.1, 0.15) is 32.1 Å². The minimum atomic E-state index is 0. The van der Waals surface area contributed by atoms with Gasteiger partial charge in [0.15, 0.2) is 0 Å². The van der Waals surface area contributed by atoms with Crippen molar-refractivity contribution in [1.29, 1.82) is 0 Å². The van der Waals surface area contributed by atoms with Gasteiger partial charge >= 0.3 is 0 Å². The molecule has 1 unspecified atom stereocenters. The van der Waals surface area contributed by atoms with Gasteiger partial charge in [-0.25, -0.2) is 0 Å². The van der Waals surface area contributed by atoms with Crippen LogP contribution in [0.5, 0.6) is 0 Å². The van der Waals surface area contributed by atoms with Gasteiger partial charge in [0.05, 0.1) is 0 Å². The van der Waals surface area contributed by atoms with Gasteiger partial charge in [-0.05, 0) is 18.4 Å². The fraction of sp³-hybridized carbons (Fsp3) is 1.00. The second kappa shape index (κ2) is 6.70. The maximum atomic E-state index is 9.00. The van der Waals surface area contributed by atoms with Gasteiger partial charge < -0.3 is 10.8 Å². The topological polar surface area (TPSA) is 46.2 Å². The Balaban J connectivity index is 0.00000121. The van der Waals surface area contributed by atoms with Gasteiger partial charge in [-0.2, -0.15) is 0 Å². The van der Waals surface area contributed by atoms with E-state index in [-0.39, 0.29) is 19.0 Å². The van der Waals surface area contributed by atoms with Gasteiger partial charge in [0.1, 0.15) is 0 Å². The number of aliphatic hydroxyl groups excluding tert-OH is 1. The zero-order valence-electron chi connectivity index (χ0n) is 7.54. The van der Waals surface area contributed by atoms with Crippen molar-refractivity contribution in [3.63, 3.8) is 0 Å². The van der Waals surface area contributed by atoms with Crippen LogP contribution < -0.4 is 5.73 Å². The lowest BCUT2D eigenvalue weighted by molar-refractivity contribution is 0.153. The summed E-state index contributed by atoms with van der Waals surface area (Å²) in [6.07, 6.45) is 6.60. The number of hydrogen-bond donors (Lipinski definition) is 2. The van der Waals surface area contributed by atoms with E-state index in [9.17, 15) is 0 Å². The molecule has 0 bridgehead atoms. The molecule has 1 aliphatic carbocycles. The van der Waals surface area contributed by atoms with E-state index >= 15 is 0 Å². The summed E-state index contributed by atoms with van der Waals surface area (Å²) in [6, 6.07) is 0. The summed E-state index contributed by atoms with van der Waals surface area (Å²) in [5.74, 6) is 1.08. The molecule has 0 aliphatic heterocycles. The molecule has 3 N–H and O–H groups in total. The van der Waals surface area contributed by atoms with Crippen LogP contribution in [0, 0.1) is 11.8 Å². The van der Waals surface area contributed by atoms with Crippen molar-refractivity contribution in [2.75, 3.05) is 13.2 Å². The molecule has 2 nitrogen and oxygen atoms in total. The molecule has 1 fully saturated rings. The smallest absolute Gasteiger partial charge is 0.0473 e. The van der Waals surface area contributed by atoms with Crippen molar-refractivity contribution in [2.45, 2.75) is 32.1 Å². The predicted octanol–water partition coefficient (Wildman–Crippen LogP) is 1.56. The van der Waals surface area contributed by atoms with Crippen LogP contribution in [0.3, 0.4) is 0 Å². The number of rotatable bonds is 3. The summed E-state index contributed by atoms with van der Waals surface area (Å²) in [4.78, 5) is 0. The predicted molar refractivity (Wildman–Crippen MR) is 53.5 cm³/mol. The SMILES string of the molecule is Cl.NCC(CO)C1CCCCC1. The number of hydrogen-bond acceptors (Lipinski definition) is 2. The van der Waals surface area contributed by atoms with E-state index in [2.05, 4.69) is 0 Å². The van der Waals surface area contributed by atoms with Gasteiger partial charge in [-0.3, -0.25) is 0 Å². The largest absolute Gasteiger partial charge is 0.396 e. The van der Waals surface area contributed by atoms with Crippen molar-refractivity contribution in [3.05, 3.63) is 0 Å². The maximum Gasteiger partial charge on any atom is 0.0473 e. The maximum absolute atomic E-state index is 9.00. The second-order valence-electron chi connectivity index (χ2n) is 3.58. The Morgan fingerprint density at radius 2 is 1.83 bits per heavy atom. The average molecular weight is 194 g/mol. The Hall–Kier alpha value is 0.210. The second-order valence-corrected chi connectivity index (χ2v) is 3.58. The molecule has 3 heteroatoms. The van der Waals surface area contributed by atoms with Crippen molar-refractivity contribution < 1.29 is 5.11 Å². The number of halogens is 1. The Kier molecular flexibility index (Phi) is 6.81. The highest BCUT2D eigenvalue weighted by atomic mass is 35.5. The van der Waals surface area contributed by atoms with E-state index in [0.717, 1.165) is 0 Å². The molecular weight excluding hydrogens is 174 g/mol. The molecule has 0 heterocycles. The molecule has 1 saturated carbocycles. The van der Waals surface area contributed by atoms with Crippen LogP contribution in [0.4, 0.5) is 0 Å². The third-order valence-corrected chi connectivity index (χ3v) is 2.85. The fourth-order valence-corrected chi connectivity index (χ4v) is 2.02. The van der Waals surface area contributed by atoms with Crippen LogP contribution in [0.2, 0.25) is 0 Å². The lowest BCUT2D eigenvalue weighted by Crippen LogP contribution is -2.28. The minimum absolute atomic E-state index is 0. The Labute approximate surface area is 80.9 Å². The molecule has 0 radical (unpaired) electrons.